The summed E-state index contributed by atoms with van der Waals surface area (Å²) in [7, 11) is 1.40. The highest BCUT2D eigenvalue weighted by Gasteiger charge is 2.23. The standard InChI is InChI=1S/C16H16BrNO2/c1-11-7-3-4-8-12(11)15(16(19)20-2)18-14-10-6-5-9-13(14)17/h3-10,15,18H,1-2H3. The van der Waals surface area contributed by atoms with Crippen LogP contribution in [0.4, 0.5) is 5.69 Å². The molecular formula is C16H16BrNO2. The first-order valence-electron chi connectivity index (χ1n) is 6.28. The van der Waals surface area contributed by atoms with Crippen molar-refractivity contribution in [2.45, 2.75) is 13.0 Å². The van der Waals surface area contributed by atoms with Crippen molar-refractivity contribution < 1.29 is 9.53 Å². The van der Waals surface area contributed by atoms with Crippen LogP contribution in [0.3, 0.4) is 0 Å². The van der Waals surface area contributed by atoms with Crippen LogP contribution in [0.5, 0.6) is 0 Å². The maximum Gasteiger partial charge on any atom is 0.332 e. The monoisotopic (exact) mass is 333 g/mol. The summed E-state index contributed by atoms with van der Waals surface area (Å²) in [5.41, 5.74) is 2.81. The second-order valence-corrected chi connectivity index (χ2v) is 5.29. The molecule has 0 amide bonds. The van der Waals surface area contributed by atoms with Gasteiger partial charge in [-0.1, -0.05) is 36.4 Å². The molecule has 2 aromatic rings. The van der Waals surface area contributed by atoms with Crippen LogP contribution < -0.4 is 5.32 Å². The van der Waals surface area contributed by atoms with Crippen LogP contribution in [-0.4, -0.2) is 13.1 Å². The molecule has 0 aromatic heterocycles. The molecule has 104 valence electrons. The van der Waals surface area contributed by atoms with Crippen LogP contribution >= 0.6 is 15.9 Å². The smallest absolute Gasteiger partial charge is 0.332 e. The number of halogens is 1. The van der Waals surface area contributed by atoms with E-state index in [2.05, 4.69) is 21.2 Å². The Balaban J connectivity index is 2.37. The lowest BCUT2D eigenvalue weighted by molar-refractivity contribution is -0.141. The van der Waals surface area contributed by atoms with Crippen molar-refractivity contribution >= 4 is 27.6 Å². The SMILES string of the molecule is COC(=O)C(Nc1ccccc1Br)c1ccccc1C. The van der Waals surface area contributed by atoms with E-state index in [1.807, 2.05) is 55.5 Å². The molecule has 0 bridgehead atoms. The van der Waals surface area contributed by atoms with Crippen molar-refractivity contribution in [2.24, 2.45) is 0 Å². The average Bonchev–Trinajstić information content (AvgIpc) is 2.47. The van der Waals surface area contributed by atoms with E-state index >= 15 is 0 Å². The summed E-state index contributed by atoms with van der Waals surface area (Å²) < 4.78 is 5.82. The molecule has 1 N–H and O–H groups in total. The van der Waals surface area contributed by atoms with Crippen molar-refractivity contribution in [2.75, 3.05) is 12.4 Å². The number of hydrogen-bond donors (Lipinski definition) is 1. The molecule has 0 saturated heterocycles. The average molecular weight is 334 g/mol. The lowest BCUT2D eigenvalue weighted by Gasteiger charge is -2.20. The number of esters is 1. The molecule has 0 radical (unpaired) electrons. The van der Waals surface area contributed by atoms with Crippen LogP contribution in [0.15, 0.2) is 53.0 Å². The third kappa shape index (κ3) is 3.20. The van der Waals surface area contributed by atoms with E-state index in [9.17, 15) is 4.79 Å². The molecule has 0 saturated carbocycles. The molecule has 20 heavy (non-hydrogen) atoms. The summed E-state index contributed by atoms with van der Waals surface area (Å²) in [6.07, 6.45) is 0. The van der Waals surface area contributed by atoms with Gasteiger partial charge in [-0.25, -0.2) is 4.79 Å². The molecule has 0 spiro atoms. The van der Waals surface area contributed by atoms with Gasteiger partial charge >= 0.3 is 5.97 Å². The zero-order valence-electron chi connectivity index (χ0n) is 11.4. The zero-order valence-corrected chi connectivity index (χ0v) is 13.0. The summed E-state index contributed by atoms with van der Waals surface area (Å²) in [4.78, 5) is 12.1. The van der Waals surface area contributed by atoms with Gasteiger partial charge in [0.1, 0.15) is 0 Å². The number of nitrogens with one attached hydrogen (secondary N) is 1. The van der Waals surface area contributed by atoms with Gasteiger partial charge in [-0.2, -0.15) is 0 Å². The Kier molecular flexibility index (Phi) is 4.79. The van der Waals surface area contributed by atoms with Crippen molar-refractivity contribution in [1.29, 1.82) is 0 Å². The second-order valence-electron chi connectivity index (χ2n) is 4.44. The van der Waals surface area contributed by atoms with E-state index < -0.39 is 6.04 Å². The van der Waals surface area contributed by atoms with Gasteiger partial charge in [0.2, 0.25) is 0 Å². The van der Waals surface area contributed by atoms with Crippen molar-refractivity contribution in [3.8, 4) is 0 Å². The number of carbonyl (C=O) groups excluding carboxylic acids is 1. The molecule has 0 aliphatic heterocycles. The molecule has 2 rings (SSSR count). The highest BCUT2D eigenvalue weighted by atomic mass is 79.9. The summed E-state index contributed by atoms with van der Waals surface area (Å²) in [6.45, 7) is 1.98. The van der Waals surface area contributed by atoms with Gasteiger partial charge in [-0.05, 0) is 46.1 Å². The predicted molar refractivity (Wildman–Crippen MR) is 83.7 cm³/mol. The van der Waals surface area contributed by atoms with E-state index in [0.29, 0.717) is 0 Å². The van der Waals surface area contributed by atoms with Gasteiger partial charge in [0.05, 0.1) is 7.11 Å². The van der Waals surface area contributed by atoms with E-state index in [-0.39, 0.29) is 5.97 Å². The lowest BCUT2D eigenvalue weighted by atomic mass is 10.0. The second kappa shape index (κ2) is 6.57. The zero-order chi connectivity index (χ0) is 14.5. The van der Waals surface area contributed by atoms with E-state index in [1.54, 1.807) is 0 Å². The van der Waals surface area contributed by atoms with Gasteiger partial charge in [0.25, 0.3) is 0 Å². The van der Waals surface area contributed by atoms with Gasteiger partial charge < -0.3 is 10.1 Å². The van der Waals surface area contributed by atoms with Crippen molar-refractivity contribution in [3.63, 3.8) is 0 Å². The van der Waals surface area contributed by atoms with E-state index in [4.69, 9.17) is 4.74 Å². The summed E-state index contributed by atoms with van der Waals surface area (Å²) in [5.74, 6) is -0.310. The van der Waals surface area contributed by atoms with Gasteiger partial charge in [0.15, 0.2) is 6.04 Å². The molecule has 0 aliphatic rings. The molecule has 2 aromatic carbocycles. The minimum absolute atomic E-state index is 0.310. The lowest BCUT2D eigenvalue weighted by Crippen LogP contribution is -2.23. The molecule has 0 heterocycles. The summed E-state index contributed by atoms with van der Waals surface area (Å²) >= 11 is 3.47. The highest BCUT2D eigenvalue weighted by Crippen LogP contribution is 2.28. The molecule has 0 aliphatic carbocycles. The van der Waals surface area contributed by atoms with Crippen molar-refractivity contribution in [3.05, 3.63) is 64.1 Å². The molecular weight excluding hydrogens is 318 g/mol. The first-order valence-corrected chi connectivity index (χ1v) is 7.07. The maximum atomic E-state index is 12.1. The Morgan fingerprint density at radius 1 is 1.15 bits per heavy atom. The normalized spacial score (nSPS) is 11.8. The fourth-order valence-electron chi connectivity index (χ4n) is 2.03. The summed E-state index contributed by atoms with van der Waals surface area (Å²) in [6, 6.07) is 14.9. The number of benzene rings is 2. The Hall–Kier alpha value is -1.81. The number of ether oxygens (including phenoxy) is 1. The van der Waals surface area contributed by atoms with Crippen LogP contribution in [0.25, 0.3) is 0 Å². The largest absolute Gasteiger partial charge is 0.467 e. The first-order chi connectivity index (χ1) is 9.63. The van der Waals surface area contributed by atoms with Crippen LogP contribution in [0, 0.1) is 6.92 Å². The fraction of sp³-hybridized carbons (Fsp3) is 0.188. The Bertz CT molecular complexity index is 613. The van der Waals surface area contributed by atoms with Crippen molar-refractivity contribution in [1.82, 2.24) is 0 Å². The molecule has 1 atom stereocenters. The first kappa shape index (κ1) is 14.6. The number of carbonyl (C=O) groups is 1. The number of para-hydroxylation sites is 1. The molecule has 1 unspecified atom stereocenters. The number of aryl methyl sites for hydroxylation is 1. The molecule has 3 nitrogen and oxygen atoms in total. The van der Waals surface area contributed by atoms with Crippen LogP contribution in [-0.2, 0) is 9.53 Å². The van der Waals surface area contributed by atoms with Crippen LogP contribution in [0.1, 0.15) is 17.2 Å². The van der Waals surface area contributed by atoms with Gasteiger partial charge in [-0.15, -0.1) is 0 Å². The number of hydrogen-bond acceptors (Lipinski definition) is 3. The van der Waals surface area contributed by atoms with Gasteiger partial charge in [-0.3, -0.25) is 0 Å². The minimum atomic E-state index is -0.528. The molecule has 0 fully saturated rings. The third-order valence-electron chi connectivity index (χ3n) is 3.11. The maximum absolute atomic E-state index is 12.1. The van der Waals surface area contributed by atoms with Gasteiger partial charge in [0, 0.05) is 10.2 Å². The fourth-order valence-corrected chi connectivity index (χ4v) is 2.43. The van der Waals surface area contributed by atoms with E-state index in [1.165, 1.54) is 7.11 Å². The third-order valence-corrected chi connectivity index (χ3v) is 3.80. The quantitative estimate of drug-likeness (QED) is 0.856. The molecule has 4 heteroatoms. The summed E-state index contributed by atoms with van der Waals surface area (Å²) in [5, 5.41) is 3.23. The topological polar surface area (TPSA) is 38.3 Å². The van der Waals surface area contributed by atoms with Crippen LogP contribution in [0.2, 0.25) is 0 Å². The number of anilines is 1. The van der Waals surface area contributed by atoms with E-state index in [0.717, 1.165) is 21.3 Å². The number of methoxy groups -OCH3 is 1. The Labute approximate surface area is 127 Å². The number of rotatable bonds is 4. The minimum Gasteiger partial charge on any atom is -0.467 e. The highest BCUT2D eigenvalue weighted by molar-refractivity contribution is 9.10. The Morgan fingerprint density at radius 2 is 1.80 bits per heavy atom. The predicted octanol–water partition coefficient (Wildman–Crippen LogP) is 4.08. The Morgan fingerprint density at radius 3 is 2.45 bits per heavy atom.